The van der Waals surface area contributed by atoms with Crippen molar-refractivity contribution in [1.29, 1.82) is 0 Å². The van der Waals surface area contributed by atoms with Gasteiger partial charge in [-0.1, -0.05) is 38.3 Å². The smallest absolute Gasteiger partial charge is 0.123 e. The first-order valence-electron chi connectivity index (χ1n) is 8.28. The molecule has 1 fully saturated rings. The molecule has 3 heteroatoms. The van der Waals surface area contributed by atoms with E-state index in [9.17, 15) is 4.39 Å². The minimum Gasteiger partial charge on any atom is -0.313 e. The van der Waals surface area contributed by atoms with Crippen molar-refractivity contribution in [2.45, 2.75) is 64.8 Å². The Bertz CT molecular complexity index is 455. The normalized spacial score (nSPS) is 18.9. The third kappa shape index (κ3) is 3.98. The first kappa shape index (κ1) is 16.8. The van der Waals surface area contributed by atoms with E-state index in [0.29, 0.717) is 16.5 Å². The van der Waals surface area contributed by atoms with Crippen molar-refractivity contribution < 1.29 is 4.39 Å². The first-order chi connectivity index (χ1) is 10.1. The van der Waals surface area contributed by atoms with Crippen LogP contribution in [-0.2, 0) is 6.42 Å². The Morgan fingerprint density at radius 1 is 1.29 bits per heavy atom. The van der Waals surface area contributed by atoms with Crippen LogP contribution >= 0.6 is 11.6 Å². The van der Waals surface area contributed by atoms with Crippen molar-refractivity contribution in [3.63, 3.8) is 0 Å². The molecule has 1 aliphatic carbocycles. The van der Waals surface area contributed by atoms with E-state index >= 15 is 0 Å². The summed E-state index contributed by atoms with van der Waals surface area (Å²) in [5.74, 6) is -0.194. The van der Waals surface area contributed by atoms with E-state index in [-0.39, 0.29) is 5.82 Å². The number of nitrogens with one attached hydrogen (secondary N) is 1. The van der Waals surface area contributed by atoms with Crippen molar-refractivity contribution in [2.24, 2.45) is 5.41 Å². The lowest BCUT2D eigenvalue weighted by atomic mass is 9.74. The molecule has 1 unspecified atom stereocenters. The molecule has 1 aromatic carbocycles. The fourth-order valence-corrected chi connectivity index (χ4v) is 3.97. The highest BCUT2D eigenvalue weighted by atomic mass is 35.5. The van der Waals surface area contributed by atoms with Crippen LogP contribution < -0.4 is 5.32 Å². The highest BCUT2D eigenvalue weighted by Crippen LogP contribution is 2.45. The summed E-state index contributed by atoms with van der Waals surface area (Å²) in [6.07, 6.45) is 8.30. The summed E-state index contributed by atoms with van der Waals surface area (Å²) in [6.45, 7) is 5.49. The van der Waals surface area contributed by atoms with Crippen LogP contribution in [0.2, 0.25) is 5.02 Å². The largest absolute Gasteiger partial charge is 0.313 e. The summed E-state index contributed by atoms with van der Waals surface area (Å²) in [5.41, 5.74) is 1.29. The van der Waals surface area contributed by atoms with Gasteiger partial charge in [-0.15, -0.1) is 0 Å². The zero-order valence-electron chi connectivity index (χ0n) is 13.2. The third-order valence-electron chi connectivity index (χ3n) is 5.12. The molecule has 0 saturated heterocycles. The number of hydrogen-bond donors (Lipinski definition) is 1. The van der Waals surface area contributed by atoms with E-state index in [2.05, 4.69) is 19.2 Å². The minimum absolute atomic E-state index is 0.194. The van der Waals surface area contributed by atoms with Gasteiger partial charge in [-0.3, -0.25) is 0 Å². The number of rotatable bonds is 7. The molecule has 1 atom stereocenters. The molecular formula is C18H27ClFN. The minimum atomic E-state index is -0.194. The van der Waals surface area contributed by atoms with Gasteiger partial charge in [-0.2, -0.15) is 0 Å². The van der Waals surface area contributed by atoms with Gasteiger partial charge in [-0.25, -0.2) is 4.39 Å². The van der Waals surface area contributed by atoms with Crippen LogP contribution in [0.3, 0.4) is 0 Å². The molecule has 1 aliphatic rings. The Hall–Kier alpha value is -0.600. The van der Waals surface area contributed by atoms with Crippen LogP contribution in [0.25, 0.3) is 0 Å². The number of hydrogen-bond acceptors (Lipinski definition) is 1. The standard InChI is InChI=1S/C18H27ClFN/c1-3-11-21-17(18(4-2)9-5-6-10-18)13-14-12-15(20)7-8-16(14)19/h7-8,12,17,21H,3-6,9-11,13H2,1-2H3. The third-order valence-corrected chi connectivity index (χ3v) is 5.48. The second kappa shape index (κ2) is 7.60. The van der Waals surface area contributed by atoms with Crippen LogP contribution in [0.1, 0.15) is 57.9 Å². The van der Waals surface area contributed by atoms with Crippen molar-refractivity contribution in [2.75, 3.05) is 6.54 Å². The van der Waals surface area contributed by atoms with Crippen molar-refractivity contribution in [3.05, 3.63) is 34.6 Å². The molecule has 0 spiro atoms. The van der Waals surface area contributed by atoms with E-state index in [1.165, 1.54) is 38.2 Å². The quantitative estimate of drug-likeness (QED) is 0.714. The predicted octanol–water partition coefficient (Wildman–Crippen LogP) is 5.36. The average molecular weight is 312 g/mol. The fourth-order valence-electron chi connectivity index (χ4n) is 3.77. The lowest BCUT2D eigenvalue weighted by Crippen LogP contribution is -2.45. The molecule has 0 amide bonds. The van der Waals surface area contributed by atoms with E-state index in [4.69, 9.17) is 11.6 Å². The molecule has 1 saturated carbocycles. The van der Waals surface area contributed by atoms with E-state index < -0.39 is 0 Å². The zero-order chi connectivity index (χ0) is 15.3. The Balaban J connectivity index is 2.21. The highest BCUT2D eigenvalue weighted by Gasteiger charge is 2.39. The Morgan fingerprint density at radius 2 is 2.00 bits per heavy atom. The summed E-state index contributed by atoms with van der Waals surface area (Å²) in [7, 11) is 0. The van der Waals surface area contributed by atoms with Crippen molar-refractivity contribution in [1.82, 2.24) is 5.32 Å². The molecule has 1 nitrogen and oxygen atoms in total. The second-order valence-electron chi connectivity index (χ2n) is 6.37. The monoisotopic (exact) mass is 311 g/mol. The summed E-state index contributed by atoms with van der Waals surface area (Å²) < 4.78 is 13.5. The molecule has 0 heterocycles. The summed E-state index contributed by atoms with van der Waals surface area (Å²) in [5, 5.41) is 4.40. The zero-order valence-corrected chi connectivity index (χ0v) is 14.0. The van der Waals surface area contributed by atoms with E-state index in [1.54, 1.807) is 12.1 Å². The maximum atomic E-state index is 13.5. The van der Waals surface area contributed by atoms with Gasteiger partial charge in [0, 0.05) is 11.1 Å². The Morgan fingerprint density at radius 3 is 2.62 bits per heavy atom. The molecule has 21 heavy (non-hydrogen) atoms. The molecule has 0 aromatic heterocycles. The SMILES string of the molecule is CCCNC(Cc1cc(F)ccc1Cl)C1(CC)CCCC1. The molecule has 0 aliphatic heterocycles. The molecule has 0 radical (unpaired) electrons. The summed E-state index contributed by atoms with van der Waals surface area (Å²) in [4.78, 5) is 0. The van der Waals surface area contributed by atoms with Gasteiger partial charge >= 0.3 is 0 Å². The average Bonchev–Trinajstić information content (AvgIpc) is 2.97. The highest BCUT2D eigenvalue weighted by molar-refractivity contribution is 6.31. The van der Waals surface area contributed by atoms with Crippen LogP contribution in [0.15, 0.2) is 18.2 Å². The second-order valence-corrected chi connectivity index (χ2v) is 6.78. The molecule has 1 N–H and O–H groups in total. The van der Waals surface area contributed by atoms with Crippen molar-refractivity contribution >= 4 is 11.6 Å². The summed E-state index contributed by atoms with van der Waals surface area (Å²) in [6, 6.07) is 5.10. The van der Waals surface area contributed by atoms with Gasteiger partial charge in [0.2, 0.25) is 0 Å². The van der Waals surface area contributed by atoms with E-state index in [1.807, 2.05) is 0 Å². The Labute approximate surface area is 133 Å². The lowest BCUT2D eigenvalue weighted by molar-refractivity contribution is 0.184. The van der Waals surface area contributed by atoms with Gasteiger partial charge in [0.1, 0.15) is 5.82 Å². The van der Waals surface area contributed by atoms with Crippen molar-refractivity contribution in [3.8, 4) is 0 Å². The summed E-state index contributed by atoms with van der Waals surface area (Å²) >= 11 is 6.28. The van der Waals surface area contributed by atoms with Crippen LogP contribution in [0.4, 0.5) is 4.39 Å². The van der Waals surface area contributed by atoms with Gasteiger partial charge in [-0.05, 0) is 67.8 Å². The predicted molar refractivity (Wildman–Crippen MR) is 88.4 cm³/mol. The van der Waals surface area contributed by atoms with Gasteiger partial charge in [0.25, 0.3) is 0 Å². The fraction of sp³-hybridized carbons (Fsp3) is 0.667. The lowest BCUT2D eigenvalue weighted by Gasteiger charge is -2.38. The van der Waals surface area contributed by atoms with Crippen LogP contribution in [-0.4, -0.2) is 12.6 Å². The maximum absolute atomic E-state index is 13.5. The molecule has 2 rings (SSSR count). The van der Waals surface area contributed by atoms with Gasteiger partial charge in [0.05, 0.1) is 0 Å². The Kier molecular flexibility index (Phi) is 6.07. The topological polar surface area (TPSA) is 12.0 Å². The first-order valence-corrected chi connectivity index (χ1v) is 8.66. The van der Waals surface area contributed by atoms with Crippen LogP contribution in [0.5, 0.6) is 0 Å². The number of halogens is 2. The van der Waals surface area contributed by atoms with E-state index in [0.717, 1.165) is 24.9 Å². The van der Waals surface area contributed by atoms with Crippen LogP contribution in [0, 0.1) is 11.2 Å². The van der Waals surface area contributed by atoms with Gasteiger partial charge < -0.3 is 5.32 Å². The van der Waals surface area contributed by atoms with Gasteiger partial charge in [0.15, 0.2) is 0 Å². The molecule has 1 aromatic rings. The molecule has 118 valence electrons. The molecular weight excluding hydrogens is 285 g/mol. The number of benzene rings is 1. The maximum Gasteiger partial charge on any atom is 0.123 e. The molecule has 0 bridgehead atoms.